The van der Waals surface area contributed by atoms with Crippen molar-refractivity contribution in [3.8, 4) is 0 Å². The molecule has 5 N–H and O–H groups in total. The number of nitrogens with zero attached hydrogens (tertiary/aromatic N) is 2. The van der Waals surface area contributed by atoms with E-state index in [0.717, 1.165) is 13.0 Å². The standard InChI is InChI=1S/C10H16N6O/c1-2-3-4-5-12-10-13-6-7(15-10)14-9(11)16-8(6)17/h2-5H2,1H3,(H5,11,12,13,14,15,16,17). The van der Waals surface area contributed by atoms with Gasteiger partial charge in [0.15, 0.2) is 11.2 Å². The van der Waals surface area contributed by atoms with Crippen LogP contribution in [0.3, 0.4) is 0 Å². The van der Waals surface area contributed by atoms with Gasteiger partial charge < -0.3 is 16.0 Å². The summed E-state index contributed by atoms with van der Waals surface area (Å²) in [6.07, 6.45) is 3.40. The molecule has 2 heterocycles. The Morgan fingerprint density at radius 2 is 2.12 bits per heavy atom. The minimum absolute atomic E-state index is 0.0755. The van der Waals surface area contributed by atoms with E-state index >= 15 is 0 Å². The fourth-order valence-corrected chi connectivity index (χ4v) is 1.59. The van der Waals surface area contributed by atoms with Crippen LogP contribution in [0.15, 0.2) is 4.79 Å². The molecular weight excluding hydrogens is 220 g/mol. The van der Waals surface area contributed by atoms with Crippen LogP contribution >= 0.6 is 0 Å². The molecule has 0 bridgehead atoms. The maximum Gasteiger partial charge on any atom is 0.278 e. The summed E-state index contributed by atoms with van der Waals surface area (Å²) in [6.45, 7) is 2.97. The van der Waals surface area contributed by atoms with E-state index in [0.29, 0.717) is 17.1 Å². The van der Waals surface area contributed by atoms with Crippen molar-refractivity contribution in [2.45, 2.75) is 26.2 Å². The van der Waals surface area contributed by atoms with Gasteiger partial charge in [-0.05, 0) is 6.42 Å². The second-order valence-electron chi connectivity index (χ2n) is 3.87. The number of fused-ring (bicyclic) bond motifs is 1. The van der Waals surface area contributed by atoms with Crippen LogP contribution in [-0.4, -0.2) is 26.5 Å². The van der Waals surface area contributed by atoms with Crippen LogP contribution in [0.1, 0.15) is 26.2 Å². The first kappa shape index (κ1) is 11.4. The summed E-state index contributed by atoms with van der Waals surface area (Å²) < 4.78 is 0. The van der Waals surface area contributed by atoms with Gasteiger partial charge in [-0.25, -0.2) is 0 Å². The van der Waals surface area contributed by atoms with Crippen LogP contribution in [0.25, 0.3) is 11.2 Å². The minimum Gasteiger partial charge on any atom is -0.369 e. The van der Waals surface area contributed by atoms with Crippen molar-refractivity contribution in [1.82, 2.24) is 19.9 Å². The van der Waals surface area contributed by atoms with Gasteiger partial charge in [-0.3, -0.25) is 9.78 Å². The van der Waals surface area contributed by atoms with Gasteiger partial charge in [0.1, 0.15) is 0 Å². The minimum atomic E-state index is -0.304. The maximum atomic E-state index is 11.5. The molecular formula is C10H16N6O. The topological polar surface area (TPSA) is 112 Å². The number of nitrogen functional groups attached to an aromatic ring is 1. The normalized spacial score (nSPS) is 10.9. The molecule has 0 saturated carbocycles. The molecule has 2 rings (SSSR count). The van der Waals surface area contributed by atoms with Crippen molar-refractivity contribution >= 4 is 23.1 Å². The van der Waals surface area contributed by atoms with Crippen LogP contribution < -0.4 is 16.6 Å². The third kappa shape index (κ3) is 2.55. The Bertz CT molecular complexity index is 557. The van der Waals surface area contributed by atoms with Gasteiger partial charge in [0.25, 0.3) is 5.56 Å². The molecule has 0 unspecified atom stereocenters. The third-order valence-electron chi connectivity index (χ3n) is 2.45. The molecule has 0 aromatic carbocycles. The van der Waals surface area contributed by atoms with Gasteiger partial charge in [0.2, 0.25) is 11.9 Å². The van der Waals surface area contributed by atoms with Crippen molar-refractivity contribution in [2.24, 2.45) is 0 Å². The van der Waals surface area contributed by atoms with E-state index in [2.05, 4.69) is 32.2 Å². The molecule has 92 valence electrons. The molecule has 17 heavy (non-hydrogen) atoms. The van der Waals surface area contributed by atoms with Gasteiger partial charge in [-0.15, -0.1) is 0 Å². The Balaban J connectivity index is 2.15. The van der Waals surface area contributed by atoms with E-state index in [-0.39, 0.29) is 11.5 Å². The number of nitrogens with one attached hydrogen (secondary N) is 3. The Labute approximate surface area is 97.9 Å². The molecule has 0 radical (unpaired) electrons. The fraction of sp³-hybridized carbons (Fsp3) is 0.500. The zero-order chi connectivity index (χ0) is 12.3. The van der Waals surface area contributed by atoms with Gasteiger partial charge >= 0.3 is 0 Å². The monoisotopic (exact) mass is 236 g/mol. The SMILES string of the molecule is CCCCCNc1nc2nc(N)[nH]c(=O)c2[nH]1. The van der Waals surface area contributed by atoms with Crippen molar-refractivity contribution in [1.29, 1.82) is 0 Å². The summed E-state index contributed by atoms with van der Waals surface area (Å²) in [4.78, 5) is 24.9. The first-order chi connectivity index (χ1) is 8.20. The number of H-pyrrole nitrogens is 2. The summed E-state index contributed by atoms with van der Waals surface area (Å²) in [7, 11) is 0. The summed E-state index contributed by atoms with van der Waals surface area (Å²) >= 11 is 0. The highest BCUT2D eigenvalue weighted by Gasteiger charge is 2.07. The number of aromatic nitrogens is 4. The zero-order valence-corrected chi connectivity index (χ0v) is 9.71. The second kappa shape index (κ2) is 4.86. The predicted molar refractivity (Wildman–Crippen MR) is 66.9 cm³/mol. The second-order valence-corrected chi connectivity index (χ2v) is 3.87. The maximum absolute atomic E-state index is 11.5. The number of aromatic amines is 2. The first-order valence-electron chi connectivity index (χ1n) is 5.70. The Kier molecular flexibility index (Phi) is 3.27. The average molecular weight is 236 g/mol. The number of nitrogens with two attached hydrogens (primary N) is 1. The zero-order valence-electron chi connectivity index (χ0n) is 9.71. The summed E-state index contributed by atoms with van der Waals surface area (Å²) in [5, 5.41) is 3.12. The lowest BCUT2D eigenvalue weighted by Gasteiger charge is -2.00. The highest BCUT2D eigenvalue weighted by Crippen LogP contribution is 2.08. The van der Waals surface area contributed by atoms with Gasteiger partial charge in [-0.2, -0.15) is 9.97 Å². The lowest BCUT2D eigenvalue weighted by molar-refractivity contribution is 0.741. The van der Waals surface area contributed by atoms with Crippen LogP contribution in [0.2, 0.25) is 0 Å². The number of unbranched alkanes of at least 4 members (excludes halogenated alkanes) is 2. The van der Waals surface area contributed by atoms with Crippen molar-refractivity contribution in [3.63, 3.8) is 0 Å². The number of anilines is 2. The molecule has 7 nitrogen and oxygen atoms in total. The molecule has 0 fully saturated rings. The van der Waals surface area contributed by atoms with Crippen molar-refractivity contribution < 1.29 is 0 Å². The van der Waals surface area contributed by atoms with Crippen LogP contribution in [0, 0.1) is 0 Å². The van der Waals surface area contributed by atoms with Crippen LogP contribution in [0.4, 0.5) is 11.9 Å². The van der Waals surface area contributed by atoms with E-state index in [1.165, 1.54) is 12.8 Å². The van der Waals surface area contributed by atoms with Gasteiger partial charge in [-0.1, -0.05) is 19.8 Å². The quantitative estimate of drug-likeness (QED) is 0.574. The predicted octanol–water partition coefficient (Wildman–Crippen LogP) is 0.830. The molecule has 0 atom stereocenters. The molecule has 0 spiro atoms. The van der Waals surface area contributed by atoms with Crippen molar-refractivity contribution in [3.05, 3.63) is 10.4 Å². The Hall–Kier alpha value is -2.05. The third-order valence-corrected chi connectivity index (χ3v) is 2.45. The van der Waals surface area contributed by atoms with Crippen LogP contribution in [-0.2, 0) is 0 Å². The largest absolute Gasteiger partial charge is 0.369 e. The first-order valence-corrected chi connectivity index (χ1v) is 5.70. The number of hydrogen-bond acceptors (Lipinski definition) is 5. The van der Waals surface area contributed by atoms with Gasteiger partial charge in [0.05, 0.1) is 0 Å². The number of imidazole rings is 1. The molecule has 2 aromatic rings. The lowest BCUT2D eigenvalue weighted by Crippen LogP contribution is -2.10. The smallest absolute Gasteiger partial charge is 0.278 e. The molecule has 0 aliphatic rings. The van der Waals surface area contributed by atoms with Gasteiger partial charge in [0, 0.05) is 6.54 Å². The molecule has 0 aliphatic heterocycles. The summed E-state index contributed by atoms with van der Waals surface area (Å²) in [6, 6.07) is 0. The fourth-order valence-electron chi connectivity index (χ4n) is 1.59. The van der Waals surface area contributed by atoms with Crippen molar-refractivity contribution in [2.75, 3.05) is 17.6 Å². The van der Waals surface area contributed by atoms with E-state index in [4.69, 9.17) is 5.73 Å². The van der Waals surface area contributed by atoms with E-state index in [9.17, 15) is 4.79 Å². The number of hydrogen-bond donors (Lipinski definition) is 4. The molecule has 0 amide bonds. The summed E-state index contributed by atoms with van der Waals surface area (Å²) in [5.74, 6) is 0.631. The molecule has 7 heteroatoms. The van der Waals surface area contributed by atoms with E-state index < -0.39 is 0 Å². The van der Waals surface area contributed by atoms with E-state index in [1.54, 1.807) is 0 Å². The highest BCUT2D eigenvalue weighted by molar-refractivity contribution is 5.73. The lowest BCUT2D eigenvalue weighted by atomic mass is 10.2. The van der Waals surface area contributed by atoms with E-state index in [1.807, 2.05) is 0 Å². The Morgan fingerprint density at radius 3 is 2.88 bits per heavy atom. The molecule has 2 aromatic heterocycles. The van der Waals surface area contributed by atoms with Crippen LogP contribution in [0.5, 0.6) is 0 Å². The molecule has 0 aliphatic carbocycles. The molecule has 0 saturated heterocycles. The Morgan fingerprint density at radius 1 is 1.29 bits per heavy atom. The highest BCUT2D eigenvalue weighted by atomic mass is 16.1. The number of rotatable bonds is 5. The average Bonchev–Trinajstić information content (AvgIpc) is 2.67. The summed E-state index contributed by atoms with van der Waals surface area (Å²) in [5.41, 5.74) is 5.81.